The van der Waals surface area contributed by atoms with Crippen molar-refractivity contribution in [3.63, 3.8) is 0 Å². The average Bonchev–Trinajstić information content (AvgIpc) is 2.71. The van der Waals surface area contributed by atoms with Crippen LogP contribution in [0.2, 0.25) is 0 Å². The van der Waals surface area contributed by atoms with Gasteiger partial charge in [-0.2, -0.15) is 0 Å². The summed E-state index contributed by atoms with van der Waals surface area (Å²) >= 11 is 0. The monoisotopic (exact) mass is 436 g/mol. The summed E-state index contributed by atoms with van der Waals surface area (Å²) in [5, 5.41) is 0. The molecule has 0 radical (unpaired) electrons. The van der Waals surface area contributed by atoms with E-state index in [0.29, 0.717) is 17.1 Å². The van der Waals surface area contributed by atoms with E-state index in [9.17, 15) is 18.0 Å². The average molecular weight is 436 g/mol. The first-order valence-corrected chi connectivity index (χ1v) is 10.4. The molecule has 0 aliphatic carbocycles. The second-order valence-electron chi connectivity index (χ2n) is 6.56. The molecule has 2 aromatic carbocycles. The number of carbonyl (C=O) groups is 2. The van der Waals surface area contributed by atoms with Crippen LogP contribution >= 0.6 is 0 Å². The van der Waals surface area contributed by atoms with Gasteiger partial charge in [-0.25, -0.2) is 13.2 Å². The second-order valence-corrected chi connectivity index (χ2v) is 8.21. The summed E-state index contributed by atoms with van der Waals surface area (Å²) in [7, 11) is -1.51. The van der Waals surface area contributed by atoms with Crippen LogP contribution in [-0.4, -0.2) is 40.6 Å². The van der Waals surface area contributed by atoms with Gasteiger partial charge in [-0.05, 0) is 56.7 Å². The highest BCUT2D eigenvalue weighted by Crippen LogP contribution is 2.29. The number of amides is 1. The first-order valence-electron chi connectivity index (χ1n) is 8.95. The van der Waals surface area contributed by atoms with Gasteiger partial charge in [-0.1, -0.05) is 6.07 Å². The highest BCUT2D eigenvalue weighted by molar-refractivity contribution is 7.89. The molecule has 0 aliphatic rings. The van der Waals surface area contributed by atoms with E-state index in [-0.39, 0.29) is 22.1 Å². The Morgan fingerprint density at radius 3 is 2.23 bits per heavy atom. The molecule has 0 bridgehead atoms. The standard InChI is InChI=1S/C20H24N2O7S/c1-12(2)29-16-9-8-14(10-17(16)27-4)19(23)21-22-30(25,26)18-11-15(20(24)28-5)7-6-13(18)3/h6-12,22H,1-5H3,(H,21,23). The van der Waals surface area contributed by atoms with Crippen molar-refractivity contribution in [2.24, 2.45) is 0 Å². The third-order valence-corrected chi connectivity index (χ3v) is 5.38. The van der Waals surface area contributed by atoms with Crippen LogP contribution in [0.4, 0.5) is 0 Å². The number of benzene rings is 2. The van der Waals surface area contributed by atoms with E-state index >= 15 is 0 Å². The number of sulfonamides is 1. The number of aryl methyl sites for hydroxylation is 1. The fourth-order valence-electron chi connectivity index (χ4n) is 2.54. The largest absolute Gasteiger partial charge is 0.493 e. The summed E-state index contributed by atoms with van der Waals surface area (Å²) in [5.41, 5.74) is 2.77. The quantitative estimate of drug-likeness (QED) is 0.481. The van der Waals surface area contributed by atoms with Gasteiger partial charge in [-0.15, -0.1) is 4.83 Å². The van der Waals surface area contributed by atoms with Crippen molar-refractivity contribution in [2.75, 3.05) is 14.2 Å². The number of rotatable bonds is 8. The van der Waals surface area contributed by atoms with Gasteiger partial charge in [0.05, 0.1) is 30.8 Å². The first kappa shape index (κ1) is 23.2. The molecule has 0 spiro atoms. The van der Waals surface area contributed by atoms with E-state index in [1.807, 2.05) is 18.7 Å². The van der Waals surface area contributed by atoms with Crippen LogP contribution in [0.3, 0.4) is 0 Å². The van der Waals surface area contributed by atoms with Crippen LogP contribution in [0, 0.1) is 6.92 Å². The maximum atomic E-state index is 12.6. The lowest BCUT2D eigenvalue weighted by Gasteiger charge is -2.15. The molecule has 0 unspecified atom stereocenters. The minimum Gasteiger partial charge on any atom is -0.493 e. The number of esters is 1. The van der Waals surface area contributed by atoms with E-state index in [2.05, 4.69) is 10.2 Å². The Labute approximate surface area is 175 Å². The van der Waals surface area contributed by atoms with Gasteiger partial charge >= 0.3 is 5.97 Å². The van der Waals surface area contributed by atoms with Gasteiger partial charge in [0, 0.05) is 5.56 Å². The zero-order chi connectivity index (χ0) is 22.5. The van der Waals surface area contributed by atoms with E-state index in [4.69, 9.17) is 9.47 Å². The van der Waals surface area contributed by atoms with Crippen LogP contribution < -0.4 is 19.7 Å². The molecule has 0 heterocycles. The number of nitrogens with one attached hydrogen (secondary N) is 2. The van der Waals surface area contributed by atoms with E-state index in [0.717, 1.165) is 0 Å². The molecule has 2 rings (SSSR count). The lowest BCUT2D eigenvalue weighted by Crippen LogP contribution is -2.41. The van der Waals surface area contributed by atoms with Gasteiger partial charge in [-0.3, -0.25) is 10.2 Å². The fraction of sp³-hybridized carbons (Fsp3) is 0.300. The molecule has 10 heteroatoms. The lowest BCUT2D eigenvalue weighted by atomic mass is 10.1. The zero-order valence-electron chi connectivity index (χ0n) is 17.3. The SMILES string of the molecule is COC(=O)c1ccc(C)c(S(=O)(=O)NNC(=O)c2ccc(OC(C)C)c(OC)c2)c1. The van der Waals surface area contributed by atoms with Crippen molar-refractivity contribution in [2.45, 2.75) is 31.8 Å². The molecule has 0 saturated carbocycles. The Balaban J connectivity index is 2.20. The van der Waals surface area contributed by atoms with Crippen LogP contribution in [0.25, 0.3) is 0 Å². The van der Waals surface area contributed by atoms with Gasteiger partial charge in [0.1, 0.15) is 0 Å². The predicted octanol–water partition coefficient (Wildman–Crippen LogP) is 2.20. The van der Waals surface area contributed by atoms with Crippen LogP contribution in [0.5, 0.6) is 11.5 Å². The summed E-state index contributed by atoms with van der Waals surface area (Å²) in [6, 6.07) is 8.58. The smallest absolute Gasteiger partial charge is 0.337 e. The number of hydrogen-bond donors (Lipinski definition) is 2. The zero-order valence-corrected chi connectivity index (χ0v) is 18.1. The van der Waals surface area contributed by atoms with Crippen molar-refractivity contribution in [1.82, 2.24) is 10.3 Å². The number of carbonyl (C=O) groups excluding carboxylic acids is 2. The molecule has 0 saturated heterocycles. The Bertz CT molecular complexity index is 1050. The van der Waals surface area contributed by atoms with Gasteiger partial charge in [0.15, 0.2) is 11.5 Å². The molecule has 1 amide bonds. The predicted molar refractivity (Wildman–Crippen MR) is 109 cm³/mol. The molecule has 0 aromatic heterocycles. The Kier molecular flexibility index (Phi) is 7.41. The van der Waals surface area contributed by atoms with Crippen LogP contribution in [-0.2, 0) is 14.8 Å². The molecule has 0 atom stereocenters. The molecule has 0 aliphatic heterocycles. The number of hydrogen-bond acceptors (Lipinski definition) is 7. The number of methoxy groups -OCH3 is 2. The summed E-state index contributed by atoms with van der Waals surface area (Å²) in [6.07, 6.45) is -0.0885. The Hall–Kier alpha value is -3.11. The summed E-state index contributed by atoms with van der Waals surface area (Å²) < 4.78 is 40.7. The first-order chi connectivity index (χ1) is 14.1. The number of ether oxygens (including phenoxy) is 3. The minimum absolute atomic E-state index is 0.0697. The van der Waals surface area contributed by atoms with E-state index in [1.54, 1.807) is 13.0 Å². The van der Waals surface area contributed by atoms with Gasteiger partial charge < -0.3 is 14.2 Å². The van der Waals surface area contributed by atoms with Crippen molar-refractivity contribution in [1.29, 1.82) is 0 Å². The molecular weight excluding hydrogens is 412 g/mol. The molecule has 0 fully saturated rings. The maximum absolute atomic E-state index is 12.6. The fourth-order valence-corrected chi connectivity index (χ4v) is 3.65. The third-order valence-electron chi connectivity index (χ3n) is 3.99. The molecule has 9 nitrogen and oxygen atoms in total. The molecule has 30 heavy (non-hydrogen) atoms. The summed E-state index contributed by atoms with van der Waals surface area (Å²) in [5.74, 6) is -0.582. The summed E-state index contributed by atoms with van der Waals surface area (Å²) in [4.78, 5) is 26.0. The van der Waals surface area contributed by atoms with E-state index in [1.165, 1.54) is 44.6 Å². The van der Waals surface area contributed by atoms with Crippen molar-refractivity contribution in [3.8, 4) is 11.5 Å². The third kappa shape index (κ3) is 5.49. The Morgan fingerprint density at radius 2 is 1.63 bits per heavy atom. The molecule has 162 valence electrons. The molecule has 2 N–H and O–H groups in total. The maximum Gasteiger partial charge on any atom is 0.337 e. The second kappa shape index (κ2) is 9.59. The molecule has 2 aromatic rings. The Morgan fingerprint density at radius 1 is 0.967 bits per heavy atom. The van der Waals surface area contributed by atoms with E-state index < -0.39 is 21.9 Å². The molecular formula is C20H24N2O7S. The lowest BCUT2D eigenvalue weighted by molar-refractivity contribution is 0.0600. The minimum atomic E-state index is -4.14. The summed E-state index contributed by atoms with van der Waals surface area (Å²) in [6.45, 7) is 5.27. The van der Waals surface area contributed by atoms with Crippen molar-refractivity contribution >= 4 is 21.9 Å². The normalized spacial score (nSPS) is 11.1. The highest BCUT2D eigenvalue weighted by Gasteiger charge is 2.21. The van der Waals surface area contributed by atoms with Gasteiger partial charge in [0.2, 0.25) is 0 Å². The topological polar surface area (TPSA) is 120 Å². The van der Waals surface area contributed by atoms with Crippen LogP contribution in [0.1, 0.15) is 40.1 Å². The van der Waals surface area contributed by atoms with Gasteiger partial charge in [0.25, 0.3) is 15.9 Å². The van der Waals surface area contributed by atoms with Crippen molar-refractivity contribution in [3.05, 3.63) is 53.1 Å². The highest BCUT2D eigenvalue weighted by atomic mass is 32.2. The number of hydrazine groups is 1. The van der Waals surface area contributed by atoms with Crippen molar-refractivity contribution < 1.29 is 32.2 Å². The van der Waals surface area contributed by atoms with Crippen LogP contribution in [0.15, 0.2) is 41.3 Å².